The Morgan fingerprint density at radius 2 is 1.62 bits per heavy atom. The summed E-state index contributed by atoms with van der Waals surface area (Å²) >= 11 is 0. The van der Waals surface area contributed by atoms with Crippen LogP contribution in [0.2, 0.25) is 0 Å². The average Bonchev–Trinajstić information content (AvgIpc) is 3.40. The van der Waals surface area contributed by atoms with E-state index in [2.05, 4.69) is 13.0 Å². The van der Waals surface area contributed by atoms with Crippen molar-refractivity contribution in [3.8, 4) is 0 Å². The predicted molar refractivity (Wildman–Crippen MR) is 103 cm³/mol. The molecule has 0 heterocycles. The number of carbonyl (C=O) groups is 1. The van der Waals surface area contributed by atoms with E-state index in [1.807, 2.05) is 6.08 Å². The van der Waals surface area contributed by atoms with Crippen LogP contribution >= 0.6 is 0 Å². The third kappa shape index (κ3) is 14.5. The molecule has 0 radical (unpaired) electrons. The molecule has 0 aromatic heterocycles. The molecule has 0 spiro atoms. The molecule has 24 heavy (non-hydrogen) atoms. The standard InChI is InChI=1S/C22H38O2/c1-2-3-4-5-6-7-8-11-14-17-22(23)24-20-15-12-9-10-13-16-21-18-19-21/h8,11,14,17,21H,2-7,9-10,12-13,15-16,18-20H2,1H3/b11-8+,17-14+. The van der Waals surface area contributed by atoms with Gasteiger partial charge in [0.2, 0.25) is 0 Å². The van der Waals surface area contributed by atoms with Crippen LogP contribution < -0.4 is 0 Å². The van der Waals surface area contributed by atoms with Crippen LogP contribution in [0, 0.1) is 5.92 Å². The van der Waals surface area contributed by atoms with Gasteiger partial charge in [-0.3, -0.25) is 0 Å². The Morgan fingerprint density at radius 3 is 2.42 bits per heavy atom. The van der Waals surface area contributed by atoms with E-state index < -0.39 is 0 Å². The topological polar surface area (TPSA) is 26.3 Å². The zero-order chi connectivity index (χ0) is 17.3. The molecule has 0 amide bonds. The number of hydrogen-bond donors (Lipinski definition) is 0. The molecular formula is C22H38O2. The fraction of sp³-hybridized carbons (Fsp3) is 0.773. The summed E-state index contributed by atoms with van der Waals surface area (Å²) in [5.74, 6) is 0.851. The first-order valence-corrected chi connectivity index (χ1v) is 10.3. The molecule has 0 unspecified atom stereocenters. The lowest BCUT2D eigenvalue weighted by Crippen LogP contribution is -2.02. The highest BCUT2D eigenvalue weighted by Crippen LogP contribution is 2.34. The Morgan fingerprint density at radius 1 is 0.917 bits per heavy atom. The van der Waals surface area contributed by atoms with Gasteiger partial charge < -0.3 is 4.74 Å². The predicted octanol–water partition coefficient (Wildman–Crippen LogP) is 6.75. The second kappa shape index (κ2) is 15.5. The van der Waals surface area contributed by atoms with Crippen molar-refractivity contribution in [3.05, 3.63) is 24.3 Å². The van der Waals surface area contributed by atoms with E-state index in [0.717, 1.165) is 18.8 Å². The fourth-order valence-corrected chi connectivity index (χ4v) is 2.87. The Bertz CT molecular complexity index is 353. The van der Waals surface area contributed by atoms with Crippen LogP contribution in [0.25, 0.3) is 0 Å². The Labute approximate surface area is 149 Å². The van der Waals surface area contributed by atoms with Crippen LogP contribution in [0.5, 0.6) is 0 Å². The van der Waals surface area contributed by atoms with Crippen LogP contribution in [-0.4, -0.2) is 12.6 Å². The van der Waals surface area contributed by atoms with E-state index in [-0.39, 0.29) is 5.97 Å². The van der Waals surface area contributed by atoms with Crippen molar-refractivity contribution in [1.29, 1.82) is 0 Å². The minimum absolute atomic E-state index is 0.212. The average molecular weight is 335 g/mol. The molecule has 0 N–H and O–H groups in total. The normalized spacial score (nSPS) is 14.7. The lowest BCUT2D eigenvalue weighted by molar-refractivity contribution is -0.137. The Hall–Kier alpha value is -1.05. The van der Waals surface area contributed by atoms with Gasteiger partial charge in [-0.15, -0.1) is 0 Å². The minimum Gasteiger partial charge on any atom is -0.463 e. The molecule has 1 saturated carbocycles. The van der Waals surface area contributed by atoms with Crippen molar-refractivity contribution in [1.82, 2.24) is 0 Å². The van der Waals surface area contributed by atoms with E-state index >= 15 is 0 Å². The molecular weight excluding hydrogens is 296 g/mol. The maximum atomic E-state index is 11.5. The maximum Gasteiger partial charge on any atom is 0.330 e. The number of rotatable bonds is 16. The summed E-state index contributed by atoms with van der Waals surface area (Å²) in [4.78, 5) is 11.5. The molecule has 1 fully saturated rings. The number of unbranched alkanes of at least 4 members (excludes halogenated alkanes) is 9. The van der Waals surface area contributed by atoms with E-state index in [0.29, 0.717) is 6.61 Å². The van der Waals surface area contributed by atoms with Crippen LogP contribution in [0.3, 0.4) is 0 Å². The van der Waals surface area contributed by atoms with E-state index in [1.165, 1.54) is 83.1 Å². The number of allylic oxidation sites excluding steroid dienone is 3. The van der Waals surface area contributed by atoms with Gasteiger partial charge in [-0.25, -0.2) is 4.79 Å². The summed E-state index contributed by atoms with van der Waals surface area (Å²) in [5, 5.41) is 0. The van der Waals surface area contributed by atoms with Crippen LogP contribution in [0.1, 0.15) is 96.8 Å². The molecule has 0 saturated heterocycles. The van der Waals surface area contributed by atoms with Crippen LogP contribution in [0.4, 0.5) is 0 Å². The van der Waals surface area contributed by atoms with Gasteiger partial charge in [0.05, 0.1) is 6.61 Å². The molecule has 0 aliphatic heterocycles. The lowest BCUT2D eigenvalue weighted by Gasteiger charge is -2.02. The molecule has 138 valence electrons. The highest BCUT2D eigenvalue weighted by atomic mass is 16.5. The highest BCUT2D eigenvalue weighted by Gasteiger charge is 2.19. The number of carbonyl (C=O) groups excluding carboxylic acids is 1. The van der Waals surface area contributed by atoms with Gasteiger partial charge >= 0.3 is 5.97 Å². The molecule has 2 nitrogen and oxygen atoms in total. The van der Waals surface area contributed by atoms with Crippen molar-refractivity contribution >= 4 is 5.97 Å². The molecule has 0 aromatic rings. The zero-order valence-corrected chi connectivity index (χ0v) is 15.8. The quantitative estimate of drug-likeness (QED) is 0.135. The molecule has 1 aliphatic carbocycles. The van der Waals surface area contributed by atoms with Crippen molar-refractivity contribution in [2.24, 2.45) is 5.92 Å². The maximum absolute atomic E-state index is 11.5. The van der Waals surface area contributed by atoms with Gasteiger partial charge in [-0.2, -0.15) is 0 Å². The fourth-order valence-electron chi connectivity index (χ4n) is 2.87. The van der Waals surface area contributed by atoms with E-state index in [4.69, 9.17) is 4.74 Å². The molecule has 1 rings (SSSR count). The summed E-state index contributed by atoms with van der Waals surface area (Å²) in [7, 11) is 0. The van der Waals surface area contributed by atoms with Crippen LogP contribution in [0.15, 0.2) is 24.3 Å². The molecule has 2 heteroatoms. The number of esters is 1. The van der Waals surface area contributed by atoms with Gasteiger partial charge in [0.1, 0.15) is 0 Å². The number of ether oxygens (including phenoxy) is 1. The lowest BCUT2D eigenvalue weighted by atomic mass is 10.1. The largest absolute Gasteiger partial charge is 0.463 e. The van der Waals surface area contributed by atoms with Gasteiger partial charge in [0.15, 0.2) is 0 Å². The zero-order valence-electron chi connectivity index (χ0n) is 15.8. The summed E-state index contributed by atoms with van der Waals surface area (Å²) < 4.78 is 5.21. The van der Waals surface area contributed by atoms with E-state index in [9.17, 15) is 4.79 Å². The van der Waals surface area contributed by atoms with Gasteiger partial charge in [0, 0.05) is 6.08 Å². The van der Waals surface area contributed by atoms with Gasteiger partial charge in [0.25, 0.3) is 0 Å². The van der Waals surface area contributed by atoms with E-state index in [1.54, 1.807) is 6.08 Å². The van der Waals surface area contributed by atoms with Crippen molar-refractivity contribution in [2.45, 2.75) is 96.8 Å². The smallest absolute Gasteiger partial charge is 0.330 e. The molecule has 0 aromatic carbocycles. The molecule has 0 bridgehead atoms. The third-order valence-corrected chi connectivity index (χ3v) is 4.65. The first kappa shape index (κ1) is 21.0. The van der Waals surface area contributed by atoms with Crippen molar-refractivity contribution in [3.63, 3.8) is 0 Å². The first-order valence-electron chi connectivity index (χ1n) is 10.3. The Balaban J connectivity index is 1.82. The second-order valence-corrected chi connectivity index (χ2v) is 7.16. The molecule has 0 atom stereocenters. The summed E-state index contributed by atoms with van der Waals surface area (Å²) in [6, 6.07) is 0. The summed E-state index contributed by atoms with van der Waals surface area (Å²) in [6.07, 6.45) is 25.6. The second-order valence-electron chi connectivity index (χ2n) is 7.16. The number of hydrogen-bond acceptors (Lipinski definition) is 2. The Kier molecular flexibility index (Phi) is 13.5. The van der Waals surface area contributed by atoms with Gasteiger partial charge in [-0.05, 0) is 25.2 Å². The monoisotopic (exact) mass is 334 g/mol. The SMILES string of the molecule is CCCCCCC/C=C/C=C/C(=O)OCCCCCCCC1CC1. The van der Waals surface area contributed by atoms with Crippen molar-refractivity contribution in [2.75, 3.05) is 6.61 Å². The highest BCUT2D eigenvalue weighted by molar-refractivity contribution is 5.82. The summed E-state index contributed by atoms with van der Waals surface area (Å²) in [6.45, 7) is 2.80. The van der Waals surface area contributed by atoms with Gasteiger partial charge in [-0.1, -0.05) is 95.8 Å². The van der Waals surface area contributed by atoms with Crippen LogP contribution in [-0.2, 0) is 9.53 Å². The first-order chi connectivity index (χ1) is 11.8. The van der Waals surface area contributed by atoms with Crippen molar-refractivity contribution < 1.29 is 9.53 Å². The summed E-state index contributed by atoms with van der Waals surface area (Å²) in [5.41, 5.74) is 0. The minimum atomic E-state index is -0.212. The third-order valence-electron chi connectivity index (χ3n) is 4.65. The molecule has 1 aliphatic rings.